The molecule has 4 atom stereocenters. The number of carbonyl (C=O) groups is 6. The predicted octanol–water partition coefficient (Wildman–Crippen LogP) is 13.1. The summed E-state index contributed by atoms with van der Waals surface area (Å²) in [6.45, 7) is 11.5. The highest BCUT2D eigenvalue weighted by Gasteiger charge is 2.47. The van der Waals surface area contributed by atoms with E-state index in [-0.39, 0.29) is 75.4 Å². The number of likely N-dealkylation sites (tertiary alicyclic amines) is 1. The molecule has 1 aliphatic heterocycles. The smallest absolute Gasteiger partial charge is 0.306 e. The number of esters is 6. The molecule has 2 saturated carbocycles. The average Bonchev–Trinajstić information content (AvgIpc) is 3.88. The number of rotatable bonds is 43. The van der Waals surface area contributed by atoms with Crippen LogP contribution in [0.15, 0.2) is 0 Å². The molecule has 0 aromatic carbocycles. The van der Waals surface area contributed by atoms with Gasteiger partial charge >= 0.3 is 35.8 Å². The van der Waals surface area contributed by atoms with Crippen molar-refractivity contribution in [1.82, 2.24) is 4.90 Å². The number of hydrogen-bond acceptors (Lipinski definition) is 13. The second-order valence-corrected chi connectivity index (χ2v) is 22.6. The lowest BCUT2D eigenvalue weighted by Crippen LogP contribution is -2.45. The summed E-state index contributed by atoms with van der Waals surface area (Å²) in [6.07, 6.45) is 30.3. The lowest BCUT2D eigenvalue weighted by atomic mass is 9.55. The molecular formula is C59H103NO12. The summed E-state index contributed by atoms with van der Waals surface area (Å²) in [5.74, 6) is -0.459. The second-order valence-electron chi connectivity index (χ2n) is 22.6. The van der Waals surface area contributed by atoms with Crippen molar-refractivity contribution in [3.05, 3.63) is 0 Å². The first-order chi connectivity index (χ1) is 34.9. The summed E-state index contributed by atoms with van der Waals surface area (Å²) in [4.78, 5) is 80.9. The standard InChI is InChI=1S/C59H103NO12/c1-5-8-10-12-14-16-26-37-67-52(61)29-20-18-22-31-54(63)69-45-59(47-71-56(65)33-28-36-60-34-24-25-35-60,48-72-57(66)44-58-41-49(4)39-51(43-58)40-50(7-3)42-58)46-70-55(64)32-23-19-21-30-53(62)68-38-27-17-15-13-11-9-6-2/h49-51H,5-48H2,1-4H3. The number of nitrogens with zero attached hydrogens (tertiary/aromatic N) is 1. The van der Waals surface area contributed by atoms with Gasteiger partial charge in [0.15, 0.2) is 0 Å². The lowest BCUT2D eigenvalue weighted by molar-refractivity contribution is -0.172. The predicted molar refractivity (Wildman–Crippen MR) is 282 cm³/mol. The Hall–Kier alpha value is -3.22. The van der Waals surface area contributed by atoms with Gasteiger partial charge in [0.2, 0.25) is 0 Å². The molecule has 3 aliphatic rings. The second kappa shape index (κ2) is 38.3. The highest BCUT2D eigenvalue weighted by molar-refractivity contribution is 5.72. The molecule has 0 N–H and O–H groups in total. The van der Waals surface area contributed by atoms with Crippen molar-refractivity contribution in [2.24, 2.45) is 28.6 Å². The fourth-order valence-electron chi connectivity index (χ4n) is 11.5. The summed E-state index contributed by atoms with van der Waals surface area (Å²) < 4.78 is 34.7. The molecule has 0 spiro atoms. The zero-order chi connectivity index (χ0) is 52.1. The van der Waals surface area contributed by atoms with Crippen LogP contribution >= 0.6 is 0 Å². The van der Waals surface area contributed by atoms with E-state index in [1.807, 2.05) is 0 Å². The van der Waals surface area contributed by atoms with E-state index in [0.717, 1.165) is 96.7 Å². The first-order valence-corrected chi connectivity index (χ1v) is 29.5. The van der Waals surface area contributed by atoms with Gasteiger partial charge in [-0.25, -0.2) is 0 Å². The Labute approximate surface area is 436 Å². The van der Waals surface area contributed by atoms with Crippen molar-refractivity contribution in [3.8, 4) is 0 Å². The van der Waals surface area contributed by atoms with Gasteiger partial charge in [0.05, 0.1) is 19.6 Å². The highest BCUT2D eigenvalue weighted by Crippen LogP contribution is 2.55. The number of unbranched alkanes of at least 4 members (excludes halogenated alkanes) is 16. The van der Waals surface area contributed by atoms with Crippen molar-refractivity contribution >= 4 is 35.8 Å². The minimum atomic E-state index is -1.34. The summed E-state index contributed by atoms with van der Waals surface area (Å²) in [5.41, 5.74) is -1.47. The van der Waals surface area contributed by atoms with Crippen LogP contribution < -0.4 is 0 Å². The Morgan fingerprint density at radius 2 is 0.861 bits per heavy atom. The topological polar surface area (TPSA) is 161 Å². The number of fused-ring (bicyclic) bond motifs is 2. The molecule has 1 heterocycles. The van der Waals surface area contributed by atoms with Crippen LogP contribution in [0.25, 0.3) is 0 Å². The first kappa shape index (κ1) is 63.1. The summed E-state index contributed by atoms with van der Waals surface area (Å²) in [6, 6.07) is 0. The molecular weight excluding hydrogens is 915 g/mol. The lowest BCUT2D eigenvalue weighted by Gasteiger charge is -2.50. The summed E-state index contributed by atoms with van der Waals surface area (Å²) in [7, 11) is 0. The molecule has 3 rings (SSSR count). The minimum absolute atomic E-state index is 0.103. The zero-order valence-electron chi connectivity index (χ0n) is 46.2. The molecule has 13 heteroatoms. The van der Waals surface area contributed by atoms with E-state index in [4.69, 9.17) is 28.4 Å². The van der Waals surface area contributed by atoms with Crippen molar-refractivity contribution < 1.29 is 57.2 Å². The van der Waals surface area contributed by atoms with Gasteiger partial charge in [-0.3, -0.25) is 28.8 Å². The van der Waals surface area contributed by atoms with E-state index in [1.54, 1.807) is 0 Å². The SMILES string of the molecule is CCCCCCCCCOC(=O)CCCCCC(=O)OCC(COC(=O)CCCCCC(=O)OCCCCCCCCC)(COC(=O)CCCN1CCCC1)COC(=O)CC12CC(C)CC(CC(CC)C1)C2. The maximum absolute atomic E-state index is 14.0. The molecule has 72 heavy (non-hydrogen) atoms. The third-order valence-corrected chi connectivity index (χ3v) is 15.5. The molecule has 13 nitrogen and oxygen atoms in total. The van der Waals surface area contributed by atoms with Gasteiger partial charge in [-0.2, -0.15) is 0 Å². The van der Waals surface area contributed by atoms with E-state index < -0.39 is 23.3 Å². The molecule has 0 aromatic rings. The Morgan fingerprint density at radius 1 is 0.458 bits per heavy atom. The molecule has 0 aromatic heterocycles. The summed E-state index contributed by atoms with van der Waals surface area (Å²) in [5, 5.41) is 0. The maximum Gasteiger partial charge on any atom is 0.306 e. The first-order valence-electron chi connectivity index (χ1n) is 29.5. The number of ether oxygens (including phenoxy) is 6. The third-order valence-electron chi connectivity index (χ3n) is 15.5. The van der Waals surface area contributed by atoms with Crippen LogP contribution in [0.2, 0.25) is 0 Å². The van der Waals surface area contributed by atoms with Gasteiger partial charge in [-0.05, 0) is 133 Å². The fraction of sp³-hybridized carbons (Fsp3) is 0.898. The monoisotopic (exact) mass is 1020 g/mol. The fourth-order valence-corrected chi connectivity index (χ4v) is 11.5. The van der Waals surface area contributed by atoms with Crippen molar-refractivity contribution in [3.63, 3.8) is 0 Å². The van der Waals surface area contributed by atoms with Gasteiger partial charge in [0.1, 0.15) is 31.8 Å². The van der Waals surface area contributed by atoms with Crippen molar-refractivity contribution in [1.29, 1.82) is 0 Å². The van der Waals surface area contributed by atoms with Gasteiger partial charge < -0.3 is 33.3 Å². The Bertz CT molecular complexity index is 1450. The molecule has 1 saturated heterocycles. The minimum Gasteiger partial charge on any atom is -0.466 e. The molecule has 3 fully saturated rings. The molecule has 0 radical (unpaired) electrons. The number of hydrogen-bond donors (Lipinski definition) is 0. The van der Waals surface area contributed by atoms with Gasteiger partial charge in [0.25, 0.3) is 0 Å². The molecule has 4 unspecified atom stereocenters. The van der Waals surface area contributed by atoms with Crippen LogP contribution in [0.4, 0.5) is 0 Å². The maximum atomic E-state index is 14.0. The Balaban J connectivity index is 1.59. The van der Waals surface area contributed by atoms with E-state index in [1.165, 1.54) is 64.2 Å². The van der Waals surface area contributed by atoms with Crippen molar-refractivity contribution in [2.75, 3.05) is 59.3 Å². The van der Waals surface area contributed by atoms with Crippen LogP contribution in [0.5, 0.6) is 0 Å². The summed E-state index contributed by atoms with van der Waals surface area (Å²) >= 11 is 0. The molecule has 416 valence electrons. The molecule has 0 amide bonds. The van der Waals surface area contributed by atoms with Crippen LogP contribution in [-0.2, 0) is 57.2 Å². The Morgan fingerprint density at radius 3 is 1.32 bits per heavy atom. The van der Waals surface area contributed by atoms with Crippen LogP contribution in [-0.4, -0.2) is 100.0 Å². The largest absolute Gasteiger partial charge is 0.466 e. The van der Waals surface area contributed by atoms with E-state index in [0.29, 0.717) is 88.8 Å². The van der Waals surface area contributed by atoms with Crippen molar-refractivity contribution in [2.45, 2.75) is 252 Å². The van der Waals surface area contributed by atoms with E-state index in [2.05, 4.69) is 32.6 Å². The van der Waals surface area contributed by atoms with Gasteiger partial charge in [-0.1, -0.05) is 124 Å². The van der Waals surface area contributed by atoms with Gasteiger partial charge in [-0.15, -0.1) is 0 Å². The van der Waals surface area contributed by atoms with Crippen LogP contribution in [0, 0.1) is 28.6 Å². The normalized spacial score (nSPS) is 19.9. The number of carbonyl (C=O) groups excluding carboxylic acids is 6. The molecule has 2 bridgehead atoms. The van der Waals surface area contributed by atoms with E-state index >= 15 is 0 Å². The quantitative estimate of drug-likeness (QED) is 0.0323. The van der Waals surface area contributed by atoms with Crippen LogP contribution in [0.3, 0.4) is 0 Å². The average molecular weight is 1020 g/mol. The Kier molecular flexibility index (Phi) is 33.6. The third kappa shape index (κ3) is 29.0. The molecule has 2 aliphatic carbocycles. The van der Waals surface area contributed by atoms with E-state index in [9.17, 15) is 28.8 Å². The van der Waals surface area contributed by atoms with Crippen LogP contribution in [0.1, 0.15) is 252 Å². The highest BCUT2D eigenvalue weighted by atomic mass is 16.6. The zero-order valence-corrected chi connectivity index (χ0v) is 46.2. The van der Waals surface area contributed by atoms with Gasteiger partial charge in [0, 0.05) is 32.1 Å².